The molecule has 0 bridgehead atoms. The van der Waals surface area contributed by atoms with Gasteiger partial charge in [0.05, 0.1) is 24.3 Å². The van der Waals surface area contributed by atoms with E-state index in [1.54, 1.807) is 25.4 Å². The van der Waals surface area contributed by atoms with E-state index in [4.69, 9.17) is 10.00 Å². The Morgan fingerprint density at radius 2 is 2.53 bits per heavy atom. The van der Waals surface area contributed by atoms with Gasteiger partial charge < -0.3 is 14.7 Å². The van der Waals surface area contributed by atoms with Gasteiger partial charge in [-0.25, -0.2) is 4.98 Å². The minimum atomic E-state index is -0.0260. The molecule has 1 saturated heterocycles. The number of methoxy groups -OCH3 is 1. The van der Waals surface area contributed by atoms with E-state index < -0.39 is 0 Å². The van der Waals surface area contributed by atoms with Crippen LogP contribution in [0.2, 0.25) is 0 Å². The van der Waals surface area contributed by atoms with Crippen molar-refractivity contribution in [1.82, 2.24) is 4.98 Å². The van der Waals surface area contributed by atoms with Gasteiger partial charge in [0.25, 0.3) is 0 Å². The summed E-state index contributed by atoms with van der Waals surface area (Å²) in [5, 5.41) is 18.4. The predicted octanol–water partition coefficient (Wildman–Crippen LogP) is 0.539. The molecule has 0 aliphatic carbocycles. The Kier molecular flexibility index (Phi) is 3.57. The van der Waals surface area contributed by atoms with Crippen molar-refractivity contribution in [3.05, 3.63) is 23.9 Å². The van der Waals surface area contributed by atoms with E-state index in [-0.39, 0.29) is 18.8 Å². The summed E-state index contributed by atoms with van der Waals surface area (Å²) in [7, 11) is 1.66. The van der Waals surface area contributed by atoms with Crippen LogP contribution in [0.1, 0.15) is 12.0 Å². The highest BCUT2D eigenvalue weighted by Crippen LogP contribution is 2.27. The minimum absolute atomic E-state index is 0.0260. The van der Waals surface area contributed by atoms with Crippen LogP contribution in [0, 0.1) is 11.3 Å². The normalized spacial score (nSPS) is 23.7. The Balaban J connectivity index is 2.29. The number of aliphatic hydroxyl groups excluding tert-OH is 1. The Bertz CT molecular complexity index is 430. The van der Waals surface area contributed by atoms with Gasteiger partial charge in [-0.05, 0) is 18.6 Å². The monoisotopic (exact) mass is 233 g/mol. The second-order valence-corrected chi connectivity index (χ2v) is 4.07. The molecule has 1 aromatic heterocycles. The zero-order valence-corrected chi connectivity index (χ0v) is 9.71. The van der Waals surface area contributed by atoms with Gasteiger partial charge in [-0.3, -0.25) is 0 Å². The van der Waals surface area contributed by atoms with E-state index >= 15 is 0 Å². The summed E-state index contributed by atoms with van der Waals surface area (Å²) >= 11 is 0. The molecule has 1 aromatic rings. The summed E-state index contributed by atoms with van der Waals surface area (Å²) in [4.78, 5) is 6.19. The molecule has 2 atom stereocenters. The van der Waals surface area contributed by atoms with Gasteiger partial charge in [-0.2, -0.15) is 5.26 Å². The van der Waals surface area contributed by atoms with E-state index in [1.807, 2.05) is 4.90 Å². The summed E-state index contributed by atoms with van der Waals surface area (Å²) in [6.45, 7) is 0.703. The van der Waals surface area contributed by atoms with Gasteiger partial charge in [0.2, 0.25) is 0 Å². The molecule has 5 nitrogen and oxygen atoms in total. The molecule has 17 heavy (non-hydrogen) atoms. The van der Waals surface area contributed by atoms with Crippen LogP contribution in [-0.2, 0) is 4.74 Å². The lowest BCUT2D eigenvalue weighted by molar-refractivity contribution is 0.115. The Hall–Kier alpha value is -1.64. The highest BCUT2D eigenvalue weighted by Gasteiger charge is 2.33. The molecule has 1 aliphatic heterocycles. The molecule has 5 heteroatoms. The quantitative estimate of drug-likeness (QED) is 0.825. The van der Waals surface area contributed by atoms with Crippen molar-refractivity contribution in [2.24, 2.45) is 0 Å². The van der Waals surface area contributed by atoms with Crippen LogP contribution in [0.3, 0.4) is 0 Å². The Morgan fingerprint density at radius 1 is 1.71 bits per heavy atom. The maximum Gasteiger partial charge on any atom is 0.146 e. The molecule has 2 rings (SSSR count). The second kappa shape index (κ2) is 5.13. The first-order chi connectivity index (χ1) is 8.30. The third kappa shape index (κ3) is 2.23. The standard InChI is InChI=1S/C12H15N3O2/c1-17-11-5-10(8-16)15(7-11)12-9(6-13)3-2-4-14-12/h2-4,10-11,16H,5,7-8H2,1H3/t10-,11+/m0/s1. The van der Waals surface area contributed by atoms with Crippen LogP contribution in [0.5, 0.6) is 0 Å². The van der Waals surface area contributed by atoms with Crippen LogP contribution in [0.25, 0.3) is 0 Å². The number of pyridine rings is 1. The molecule has 0 amide bonds. The number of nitriles is 1. The minimum Gasteiger partial charge on any atom is -0.394 e. The third-order valence-electron chi connectivity index (χ3n) is 3.10. The number of rotatable bonds is 3. The molecule has 0 saturated carbocycles. The van der Waals surface area contributed by atoms with Crippen molar-refractivity contribution in [3.8, 4) is 6.07 Å². The van der Waals surface area contributed by atoms with E-state index in [0.29, 0.717) is 17.9 Å². The summed E-state index contributed by atoms with van der Waals surface area (Å²) in [5.41, 5.74) is 0.530. The second-order valence-electron chi connectivity index (χ2n) is 4.07. The van der Waals surface area contributed by atoms with Gasteiger partial charge in [0, 0.05) is 19.9 Å². The van der Waals surface area contributed by atoms with Crippen LogP contribution < -0.4 is 4.90 Å². The number of hydrogen-bond acceptors (Lipinski definition) is 5. The van der Waals surface area contributed by atoms with Crippen molar-refractivity contribution in [1.29, 1.82) is 5.26 Å². The van der Waals surface area contributed by atoms with Crippen LogP contribution in [0.15, 0.2) is 18.3 Å². The fraction of sp³-hybridized carbons (Fsp3) is 0.500. The highest BCUT2D eigenvalue weighted by atomic mass is 16.5. The number of aliphatic hydroxyl groups is 1. The molecular formula is C12H15N3O2. The number of aromatic nitrogens is 1. The molecule has 0 radical (unpaired) electrons. The highest BCUT2D eigenvalue weighted by molar-refractivity contribution is 5.55. The number of ether oxygens (including phenoxy) is 1. The zero-order chi connectivity index (χ0) is 12.3. The smallest absolute Gasteiger partial charge is 0.146 e. The average molecular weight is 233 g/mol. The van der Waals surface area contributed by atoms with E-state index in [0.717, 1.165) is 6.42 Å². The molecule has 2 heterocycles. The van der Waals surface area contributed by atoms with Crippen molar-refractivity contribution in [3.63, 3.8) is 0 Å². The van der Waals surface area contributed by atoms with Gasteiger partial charge in [-0.1, -0.05) is 0 Å². The summed E-state index contributed by atoms with van der Waals surface area (Å²) < 4.78 is 5.30. The molecule has 1 fully saturated rings. The summed E-state index contributed by atoms with van der Waals surface area (Å²) in [6, 6.07) is 5.57. The van der Waals surface area contributed by atoms with E-state index in [2.05, 4.69) is 11.1 Å². The van der Waals surface area contributed by atoms with Crippen molar-refractivity contribution in [2.75, 3.05) is 25.2 Å². The lowest BCUT2D eigenvalue weighted by Crippen LogP contribution is -2.33. The molecule has 90 valence electrons. The first-order valence-electron chi connectivity index (χ1n) is 5.55. The lowest BCUT2D eigenvalue weighted by atomic mass is 10.2. The van der Waals surface area contributed by atoms with Crippen molar-refractivity contribution >= 4 is 5.82 Å². The molecule has 1 aliphatic rings. The molecule has 0 unspecified atom stereocenters. The topological polar surface area (TPSA) is 69.4 Å². The van der Waals surface area contributed by atoms with Crippen molar-refractivity contribution in [2.45, 2.75) is 18.6 Å². The van der Waals surface area contributed by atoms with Gasteiger partial charge in [0.1, 0.15) is 11.9 Å². The molecule has 0 aromatic carbocycles. The van der Waals surface area contributed by atoms with Gasteiger partial charge in [0.15, 0.2) is 0 Å². The SMILES string of the molecule is CO[C@@H]1C[C@@H](CO)N(c2ncccc2C#N)C1. The van der Waals surface area contributed by atoms with Crippen LogP contribution >= 0.6 is 0 Å². The number of hydrogen-bond donors (Lipinski definition) is 1. The molecule has 1 N–H and O–H groups in total. The largest absolute Gasteiger partial charge is 0.394 e. The Morgan fingerprint density at radius 3 is 3.18 bits per heavy atom. The first-order valence-corrected chi connectivity index (χ1v) is 5.55. The predicted molar refractivity (Wildman–Crippen MR) is 62.6 cm³/mol. The fourth-order valence-corrected chi connectivity index (χ4v) is 2.19. The third-order valence-corrected chi connectivity index (χ3v) is 3.10. The van der Waals surface area contributed by atoms with Crippen LogP contribution in [-0.4, -0.2) is 42.5 Å². The fourth-order valence-electron chi connectivity index (χ4n) is 2.19. The number of anilines is 1. The first kappa shape index (κ1) is 11.8. The van der Waals surface area contributed by atoms with Crippen molar-refractivity contribution < 1.29 is 9.84 Å². The molecular weight excluding hydrogens is 218 g/mol. The van der Waals surface area contributed by atoms with Gasteiger partial charge in [-0.15, -0.1) is 0 Å². The molecule has 0 spiro atoms. The van der Waals surface area contributed by atoms with E-state index in [1.165, 1.54) is 0 Å². The summed E-state index contributed by atoms with van der Waals surface area (Å²) in [6.07, 6.45) is 2.50. The van der Waals surface area contributed by atoms with E-state index in [9.17, 15) is 5.11 Å². The van der Waals surface area contributed by atoms with Gasteiger partial charge >= 0.3 is 0 Å². The van der Waals surface area contributed by atoms with Crippen LogP contribution in [0.4, 0.5) is 5.82 Å². The number of nitrogens with zero attached hydrogens (tertiary/aromatic N) is 3. The average Bonchev–Trinajstić information content (AvgIpc) is 2.81. The summed E-state index contributed by atoms with van der Waals surface area (Å²) in [5.74, 6) is 0.633. The lowest BCUT2D eigenvalue weighted by Gasteiger charge is -2.24. The maximum absolute atomic E-state index is 9.37. The Labute approximate surface area is 100 Å². The zero-order valence-electron chi connectivity index (χ0n) is 9.71. The maximum atomic E-state index is 9.37.